The summed E-state index contributed by atoms with van der Waals surface area (Å²) in [6.07, 6.45) is 28.7. The number of hydrogen-bond acceptors (Lipinski definition) is 3. The first kappa shape index (κ1) is 32.0. The summed E-state index contributed by atoms with van der Waals surface area (Å²) in [7, 11) is -4.23. The molecular weight excluding hydrogens is 434 g/mol. The molecule has 0 aromatic rings. The third-order valence-corrected chi connectivity index (χ3v) is 6.56. The van der Waals surface area contributed by atoms with E-state index in [-0.39, 0.29) is 11.0 Å². The number of aliphatic hydroxyl groups is 1. The second-order valence-electron chi connectivity index (χ2n) is 9.28. The summed E-state index contributed by atoms with van der Waals surface area (Å²) < 4.78 is 32.2. The van der Waals surface area contributed by atoms with E-state index in [2.05, 4.69) is 57.6 Å². The maximum absolute atomic E-state index is 11.3. The van der Waals surface area contributed by atoms with Crippen molar-refractivity contribution in [2.24, 2.45) is 0 Å². The molecule has 0 aromatic carbocycles. The van der Waals surface area contributed by atoms with Gasteiger partial charge in [-0.2, -0.15) is 8.42 Å². The smallest absolute Gasteiger partial charge is 0.267 e. The quantitative estimate of drug-likeness (QED) is 0.0943. The van der Waals surface area contributed by atoms with Gasteiger partial charge in [0.15, 0.2) is 0 Å². The van der Waals surface area contributed by atoms with E-state index in [4.69, 9.17) is 0 Å². The minimum Gasteiger partial charge on any atom is -0.386 e. The van der Waals surface area contributed by atoms with E-state index in [1.165, 1.54) is 57.8 Å². The molecule has 2 N–H and O–H groups in total. The van der Waals surface area contributed by atoms with Crippen LogP contribution >= 0.6 is 0 Å². The largest absolute Gasteiger partial charge is 0.386 e. The standard InChI is InChI=1S/C27H51NO4S/c1-4-7-10-13-16-19-22-28(23-20-17-14-11-8-5-2,24-21-18-15-12-9-6-3)25-27(29)26-33(30,31)32/h19-24,27,29H,4-18,25-26H2,1-3H3/p+1/b22-19+,23-20+,24-21+. The van der Waals surface area contributed by atoms with Crippen LogP contribution in [0.3, 0.4) is 0 Å². The number of hydrogen-bond donors (Lipinski definition) is 2. The van der Waals surface area contributed by atoms with Crippen LogP contribution in [0.1, 0.15) is 117 Å². The summed E-state index contributed by atoms with van der Waals surface area (Å²) in [4.78, 5) is 0. The van der Waals surface area contributed by atoms with Crippen LogP contribution in [0.15, 0.2) is 36.8 Å². The van der Waals surface area contributed by atoms with E-state index in [0.29, 0.717) is 0 Å². The number of nitrogens with zero attached hydrogens (tertiary/aromatic N) is 1. The van der Waals surface area contributed by atoms with Crippen LogP contribution in [0.4, 0.5) is 0 Å². The number of quaternary nitrogens is 1. The molecule has 0 rings (SSSR count). The van der Waals surface area contributed by atoms with Crippen LogP contribution < -0.4 is 0 Å². The Morgan fingerprint density at radius 1 is 0.667 bits per heavy atom. The highest BCUT2D eigenvalue weighted by atomic mass is 32.2. The molecule has 1 atom stereocenters. The highest BCUT2D eigenvalue weighted by Crippen LogP contribution is 2.18. The lowest BCUT2D eigenvalue weighted by atomic mass is 10.1. The van der Waals surface area contributed by atoms with Gasteiger partial charge < -0.3 is 5.11 Å². The molecule has 0 bridgehead atoms. The van der Waals surface area contributed by atoms with Gasteiger partial charge in [-0.3, -0.25) is 4.55 Å². The second-order valence-corrected chi connectivity index (χ2v) is 10.8. The molecule has 0 saturated heterocycles. The first-order valence-electron chi connectivity index (χ1n) is 13.3. The maximum atomic E-state index is 11.3. The number of rotatable bonds is 22. The van der Waals surface area contributed by atoms with Crippen LogP contribution in [0, 0.1) is 0 Å². The fraction of sp³-hybridized carbons (Fsp3) is 0.778. The Balaban J connectivity index is 5.50. The molecule has 194 valence electrons. The summed E-state index contributed by atoms with van der Waals surface area (Å²) >= 11 is 0. The summed E-state index contributed by atoms with van der Waals surface area (Å²) in [5.74, 6) is -0.647. The lowest BCUT2D eigenvalue weighted by Gasteiger charge is -2.29. The van der Waals surface area contributed by atoms with E-state index in [1.807, 2.05) is 0 Å². The Morgan fingerprint density at radius 2 is 1.03 bits per heavy atom. The molecule has 0 radical (unpaired) electrons. The molecule has 0 heterocycles. The van der Waals surface area contributed by atoms with Gasteiger partial charge in [0, 0.05) is 0 Å². The van der Waals surface area contributed by atoms with Gasteiger partial charge >= 0.3 is 0 Å². The molecular formula is C27H52NO4S+. The average Bonchev–Trinajstić information content (AvgIpc) is 2.74. The minimum absolute atomic E-state index is 0.183. The van der Waals surface area contributed by atoms with Gasteiger partial charge in [-0.1, -0.05) is 78.6 Å². The van der Waals surface area contributed by atoms with Gasteiger partial charge in [0.05, 0.1) is 0 Å². The van der Waals surface area contributed by atoms with Crippen LogP contribution in [0.5, 0.6) is 0 Å². The van der Waals surface area contributed by atoms with Gasteiger partial charge in [0.1, 0.15) is 37.0 Å². The maximum Gasteiger partial charge on any atom is 0.267 e. The fourth-order valence-corrected chi connectivity index (χ4v) is 4.46. The molecule has 0 saturated carbocycles. The number of unbranched alkanes of at least 4 members (excludes halogenated alkanes) is 12. The first-order chi connectivity index (χ1) is 15.8. The highest BCUT2D eigenvalue weighted by molar-refractivity contribution is 7.85. The summed E-state index contributed by atoms with van der Waals surface area (Å²) in [5, 5.41) is 10.5. The predicted molar refractivity (Wildman–Crippen MR) is 141 cm³/mol. The number of allylic oxidation sites excluding steroid dienone is 3. The first-order valence-corrected chi connectivity index (χ1v) is 14.9. The van der Waals surface area contributed by atoms with E-state index in [1.54, 1.807) is 0 Å². The predicted octanol–water partition coefficient (Wildman–Crippen LogP) is 7.50. The van der Waals surface area contributed by atoms with Crippen molar-refractivity contribution in [3.05, 3.63) is 36.8 Å². The van der Waals surface area contributed by atoms with E-state index < -0.39 is 22.0 Å². The fourth-order valence-electron chi connectivity index (χ4n) is 3.87. The van der Waals surface area contributed by atoms with Crippen LogP contribution in [-0.4, -0.2) is 41.0 Å². The number of aliphatic hydroxyl groups excluding tert-OH is 1. The molecule has 1 unspecified atom stereocenters. The third-order valence-electron chi connectivity index (χ3n) is 5.75. The second kappa shape index (κ2) is 20.4. The van der Waals surface area contributed by atoms with Crippen molar-refractivity contribution < 1.29 is 22.6 Å². The molecule has 5 nitrogen and oxygen atoms in total. The lowest BCUT2D eigenvalue weighted by molar-refractivity contribution is -0.777. The molecule has 0 spiro atoms. The average molecular weight is 487 g/mol. The van der Waals surface area contributed by atoms with Gasteiger partial charge in [0.2, 0.25) is 0 Å². The van der Waals surface area contributed by atoms with Crippen molar-refractivity contribution in [2.45, 2.75) is 123 Å². The Labute approximate surface area is 205 Å². The minimum atomic E-state index is -4.23. The Kier molecular flexibility index (Phi) is 19.8. The Hall–Kier alpha value is -0.950. The molecule has 0 amide bonds. The Morgan fingerprint density at radius 3 is 1.33 bits per heavy atom. The van der Waals surface area contributed by atoms with Crippen LogP contribution in [0.2, 0.25) is 0 Å². The summed E-state index contributed by atoms with van der Waals surface area (Å²) in [6.45, 7) is 6.78. The van der Waals surface area contributed by atoms with Crippen molar-refractivity contribution in [1.82, 2.24) is 0 Å². The molecule has 0 fully saturated rings. The molecule has 0 aliphatic heterocycles. The van der Waals surface area contributed by atoms with Gasteiger partial charge in [-0.25, -0.2) is 4.48 Å². The molecule has 33 heavy (non-hydrogen) atoms. The van der Waals surface area contributed by atoms with Crippen molar-refractivity contribution in [1.29, 1.82) is 0 Å². The van der Waals surface area contributed by atoms with Gasteiger partial charge in [0.25, 0.3) is 10.1 Å². The van der Waals surface area contributed by atoms with E-state index >= 15 is 0 Å². The van der Waals surface area contributed by atoms with Crippen molar-refractivity contribution >= 4 is 10.1 Å². The van der Waals surface area contributed by atoms with E-state index in [0.717, 1.165) is 38.5 Å². The van der Waals surface area contributed by atoms with Crippen LogP contribution in [0.25, 0.3) is 0 Å². The van der Waals surface area contributed by atoms with Crippen molar-refractivity contribution in [3.63, 3.8) is 0 Å². The molecule has 6 heteroatoms. The molecule has 0 aliphatic rings. The van der Waals surface area contributed by atoms with Crippen molar-refractivity contribution in [2.75, 3.05) is 12.3 Å². The van der Waals surface area contributed by atoms with Gasteiger partial charge in [-0.15, -0.1) is 0 Å². The highest BCUT2D eigenvalue weighted by Gasteiger charge is 2.27. The molecule has 0 aliphatic carbocycles. The zero-order valence-electron chi connectivity index (χ0n) is 21.6. The lowest BCUT2D eigenvalue weighted by Crippen LogP contribution is -2.41. The zero-order chi connectivity index (χ0) is 24.8. The van der Waals surface area contributed by atoms with Crippen molar-refractivity contribution in [3.8, 4) is 0 Å². The summed E-state index contributed by atoms with van der Waals surface area (Å²) in [5.41, 5.74) is 0. The normalized spacial score (nSPS) is 14.2. The van der Waals surface area contributed by atoms with Gasteiger partial charge in [-0.05, 0) is 56.8 Å². The third kappa shape index (κ3) is 20.2. The SMILES string of the molecule is CCCCCC/C=C/[N+](/C=C/CCCCCC)(/C=C/CCCCCC)CC(O)CS(=O)(=O)O. The van der Waals surface area contributed by atoms with Crippen LogP contribution in [-0.2, 0) is 10.1 Å². The molecule has 0 aromatic heterocycles. The zero-order valence-corrected chi connectivity index (χ0v) is 22.4. The topological polar surface area (TPSA) is 74.6 Å². The summed E-state index contributed by atoms with van der Waals surface area (Å²) in [6, 6.07) is 0. The monoisotopic (exact) mass is 486 g/mol. The van der Waals surface area contributed by atoms with E-state index in [9.17, 15) is 18.1 Å². The Bertz CT molecular complexity index is 585.